The lowest BCUT2D eigenvalue weighted by molar-refractivity contribution is -0.452. The van der Waals surface area contributed by atoms with Crippen molar-refractivity contribution >= 4 is 24.2 Å². The molecule has 0 aliphatic rings. The molecule has 0 aromatic heterocycles. The summed E-state index contributed by atoms with van der Waals surface area (Å²) in [5.74, 6) is -1.52. The Hall–Kier alpha value is -4.16. The SMILES string of the molecule is Cc1cc(C)c(C(=O)OOOC(=O)OCCCCCCCCCCCCOC(=O)OOOC(=O)c2c(C)cc(C)cc2C)c(C)c1. The third-order valence-electron chi connectivity index (χ3n) is 7.16. The van der Waals surface area contributed by atoms with Crippen molar-refractivity contribution in [1.82, 2.24) is 0 Å². The molecule has 2 aromatic rings. The molecule has 0 fully saturated rings. The number of benzene rings is 2. The van der Waals surface area contributed by atoms with E-state index in [9.17, 15) is 19.2 Å². The molecule has 0 spiro atoms. The predicted octanol–water partition coefficient (Wildman–Crippen LogP) is 8.45. The highest BCUT2D eigenvalue weighted by Crippen LogP contribution is 2.19. The van der Waals surface area contributed by atoms with E-state index in [-0.39, 0.29) is 13.2 Å². The Morgan fingerprint density at radius 1 is 0.435 bits per heavy atom. The first-order valence-electron chi connectivity index (χ1n) is 15.6. The van der Waals surface area contributed by atoms with Crippen LogP contribution < -0.4 is 0 Å². The fraction of sp³-hybridized carbons (Fsp3) is 0.529. The number of carbonyl (C=O) groups is 4. The number of hydrogen-bond donors (Lipinski definition) is 0. The van der Waals surface area contributed by atoms with E-state index in [0.29, 0.717) is 24.0 Å². The van der Waals surface area contributed by atoms with Gasteiger partial charge in [0.2, 0.25) is 0 Å². The molecular formula is C34H46O12. The normalized spacial score (nSPS) is 10.7. The van der Waals surface area contributed by atoms with Crippen molar-refractivity contribution in [2.75, 3.05) is 13.2 Å². The standard InChI is InChI=1S/C34H46O12/c1-23-19-25(3)29(26(4)20-23)31(35)41-45-43-33(37)39-17-15-13-11-9-7-8-10-12-14-16-18-40-34(38)44-46-42-32(36)30-27(5)21-24(2)22-28(30)6/h19-22H,7-18H2,1-6H3. The Balaban J connectivity index is 1.36. The van der Waals surface area contributed by atoms with Gasteiger partial charge in [-0.05, 0) is 76.6 Å². The third kappa shape index (κ3) is 14.3. The number of rotatable bonds is 19. The molecule has 0 amide bonds. The zero-order chi connectivity index (χ0) is 33.9. The maximum absolute atomic E-state index is 12.2. The second kappa shape index (κ2) is 20.8. The van der Waals surface area contributed by atoms with Crippen molar-refractivity contribution in [3.05, 3.63) is 68.8 Å². The highest BCUT2D eigenvalue weighted by atomic mass is 17.5. The number of carbonyl (C=O) groups excluding carboxylic acids is 4. The second-order valence-electron chi connectivity index (χ2n) is 11.3. The van der Waals surface area contributed by atoms with Crippen LogP contribution in [0.25, 0.3) is 0 Å². The summed E-state index contributed by atoms with van der Waals surface area (Å²) in [7, 11) is 0. The Kier molecular flexibility index (Phi) is 17.2. The lowest BCUT2D eigenvalue weighted by atomic mass is 10.0. The number of hydrogen-bond acceptors (Lipinski definition) is 12. The van der Waals surface area contributed by atoms with Gasteiger partial charge in [0, 0.05) is 0 Å². The Labute approximate surface area is 270 Å². The molecule has 0 aliphatic heterocycles. The topological polar surface area (TPSA) is 142 Å². The van der Waals surface area contributed by atoms with Crippen LogP contribution in [0.2, 0.25) is 0 Å². The van der Waals surface area contributed by atoms with E-state index in [1.54, 1.807) is 27.7 Å². The highest BCUT2D eigenvalue weighted by Gasteiger charge is 2.18. The van der Waals surface area contributed by atoms with Crippen LogP contribution in [-0.4, -0.2) is 37.5 Å². The zero-order valence-electron chi connectivity index (χ0n) is 27.7. The molecular weight excluding hydrogens is 600 g/mol. The quantitative estimate of drug-likeness (QED) is 0.0625. The van der Waals surface area contributed by atoms with Crippen molar-refractivity contribution in [3.8, 4) is 0 Å². The van der Waals surface area contributed by atoms with Gasteiger partial charge >= 0.3 is 24.2 Å². The summed E-state index contributed by atoms with van der Waals surface area (Å²) in [6, 6.07) is 7.38. The Morgan fingerprint density at radius 3 is 1.02 bits per heavy atom. The summed E-state index contributed by atoms with van der Waals surface area (Å²) in [5.41, 5.74) is 5.67. The molecule has 2 aromatic carbocycles. The van der Waals surface area contributed by atoms with E-state index < -0.39 is 24.2 Å². The van der Waals surface area contributed by atoms with Crippen LogP contribution in [-0.2, 0) is 39.1 Å². The first-order chi connectivity index (χ1) is 22.0. The molecule has 0 bridgehead atoms. The van der Waals surface area contributed by atoms with E-state index in [2.05, 4.69) is 29.6 Å². The van der Waals surface area contributed by atoms with Crippen molar-refractivity contribution in [2.45, 2.75) is 106 Å². The van der Waals surface area contributed by atoms with Gasteiger partial charge in [-0.1, -0.05) is 86.8 Å². The van der Waals surface area contributed by atoms with Gasteiger partial charge < -0.3 is 9.47 Å². The van der Waals surface area contributed by atoms with Crippen LogP contribution in [0.3, 0.4) is 0 Å². The molecule has 0 radical (unpaired) electrons. The molecule has 12 heteroatoms. The smallest absolute Gasteiger partial charge is 0.432 e. The minimum absolute atomic E-state index is 0.173. The minimum Gasteiger partial charge on any atom is -0.432 e. The molecule has 0 saturated heterocycles. The van der Waals surface area contributed by atoms with Gasteiger partial charge in [0.15, 0.2) is 0 Å². The third-order valence-corrected chi connectivity index (χ3v) is 7.16. The lowest BCUT2D eigenvalue weighted by Gasteiger charge is -2.09. The summed E-state index contributed by atoms with van der Waals surface area (Å²) < 4.78 is 9.82. The second-order valence-corrected chi connectivity index (χ2v) is 11.3. The molecule has 0 atom stereocenters. The van der Waals surface area contributed by atoms with E-state index in [1.807, 2.05) is 38.1 Å². The van der Waals surface area contributed by atoms with Crippen LogP contribution >= 0.6 is 0 Å². The van der Waals surface area contributed by atoms with Crippen LogP contribution in [0, 0.1) is 41.5 Å². The monoisotopic (exact) mass is 646 g/mol. The van der Waals surface area contributed by atoms with Crippen LogP contribution in [0.1, 0.15) is 118 Å². The summed E-state index contributed by atoms with van der Waals surface area (Å²) in [5, 5.41) is 8.59. The van der Waals surface area contributed by atoms with E-state index in [1.165, 1.54) is 0 Å². The van der Waals surface area contributed by atoms with Crippen LogP contribution in [0.4, 0.5) is 9.59 Å². The summed E-state index contributed by atoms with van der Waals surface area (Å²) in [6.45, 7) is 11.3. The predicted molar refractivity (Wildman–Crippen MR) is 165 cm³/mol. The van der Waals surface area contributed by atoms with Crippen molar-refractivity contribution < 1.29 is 58.3 Å². The minimum atomic E-state index is -1.08. The first kappa shape index (κ1) is 38.0. The molecule has 0 aliphatic carbocycles. The van der Waals surface area contributed by atoms with Crippen LogP contribution in [0.15, 0.2) is 24.3 Å². The molecule has 254 valence electrons. The van der Waals surface area contributed by atoms with Gasteiger partial charge in [-0.25, -0.2) is 29.0 Å². The van der Waals surface area contributed by atoms with Gasteiger partial charge in [0.05, 0.1) is 34.4 Å². The average Bonchev–Trinajstić information content (AvgIpc) is 2.96. The largest absolute Gasteiger partial charge is 0.543 e. The van der Waals surface area contributed by atoms with Gasteiger partial charge in [0.25, 0.3) is 0 Å². The molecule has 0 saturated carbocycles. The molecule has 12 nitrogen and oxygen atoms in total. The van der Waals surface area contributed by atoms with E-state index in [4.69, 9.17) is 9.47 Å². The summed E-state index contributed by atoms with van der Waals surface area (Å²) in [6.07, 6.45) is 7.37. The van der Waals surface area contributed by atoms with E-state index in [0.717, 1.165) is 84.7 Å². The zero-order valence-corrected chi connectivity index (χ0v) is 27.7. The lowest BCUT2D eigenvalue weighted by Crippen LogP contribution is -2.14. The molecule has 0 unspecified atom stereocenters. The van der Waals surface area contributed by atoms with Gasteiger partial charge in [-0.3, -0.25) is 9.78 Å². The molecule has 0 heterocycles. The number of unbranched alkanes of at least 4 members (excludes halogenated alkanes) is 9. The molecule has 0 N–H and O–H groups in total. The maximum atomic E-state index is 12.2. The fourth-order valence-corrected chi connectivity index (χ4v) is 5.22. The fourth-order valence-electron chi connectivity index (χ4n) is 5.22. The average molecular weight is 647 g/mol. The number of ether oxygens (including phenoxy) is 2. The first-order valence-corrected chi connectivity index (χ1v) is 15.6. The van der Waals surface area contributed by atoms with E-state index >= 15 is 0 Å². The Bertz CT molecular complexity index is 1160. The molecule has 2 rings (SSSR count). The number of aryl methyl sites for hydroxylation is 6. The maximum Gasteiger partial charge on any atom is 0.543 e. The summed E-state index contributed by atoms with van der Waals surface area (Å²) >= 11 is 0. The van der Waals surface area contributed by atoms with Crippen LogP contribution in [0.5, 0.6) is 0 Å². The summed E-state index contributed by atoms with van der Waals surface area (Å²) in [4.78, 5) is 65.4. The highest BCUT2D eigenvalue weighted by molar-refractivity contribution is 5.93. The van der Waals surface area contributed by atoms with Crippen molar-refractivity contribution in [3.63, 3.8) is 0 Å². The molecule has 46 heavy (non-hydrogen) atoms. The van der Waals surface area contributed by atoms with Crippen molar-refractivity contribution in [2.24, 2.45) is 0 Å². The Morgan fingerprint density at radius 2 is 0.717 bits per heavy atom. The van der Waals surface area contributed by atoms with Gasteiger partial charge in [0.1, 0.15) is 0 Å². The van der Waals surface area contributed by atoms with Gasteiger partial charge in [-0.2, -0.15) is 0 Å². The van der Waals surface area contributed by atoms with Crippen molar-refractivity contribution in [1.29, 1.82) is 0 Å². The van der Waals surface area contributed by atoms with Gasteiger partial charge in [-0.15, -0.1) is 0 Å².